The van der Waals surface area contributed by atoms with E-state index >= 15 is 0 Å². The summed E-state index contributed by atoms with van der Waals surface area (Å²) in [5.41, 5.74) is 3.03. The molecule has 0 N–H and O–H groups in total. The zero-order valence-corrected chi connectivity index (χ0v) is 16.5. The summed E-state index contributed by atoms with van der Waals surface area (Å²) in [5, 5.41) is 0.952. The number of fused-ring (bicyclic) bond motifs is 1. The minimum Gasteiger partial charge on any atom is -0.465 e. The van der Waals surface area contributed by atoms with Gasteiger partial charge in [0, 0.05) is 10.9 Å². The van der Waals surface area contributed by atoms with Crippen molar-refractivity contribution >= 4 is 22.8 Å². The van der Waals surface area contributed by atoms with Gasteiger partial charge in [-0.2, -0.15) is 0 Å². The number of pyridine rings is 2. The number of esters is 2. The fourth-order valence-electron chi connectivity index (χ4n) is 3.29. The van der Waals surface area contributed by atoms with E-state index in [4.69, 9.17) is 9.47 Å². The zero-order chi connectivity index (χ0) is 21.1. The largest absolute Gasteiger partial charge is 0.465 e. The van der Waals surface area contributed by atoms with Gasteiger partial charge in [-0.1, -0.05) is 54.6 Å². The Morgan fingerprint density at radius 3 is 2.20 bits per heavy atom. The molecular formula is C24H18N2O4. The standard InChI is InChI=1S/C24H18N2O4/c1-29-23(27)20-14-17(15-8-4-3-5-9-15)21(24(28)30-2)22(26-20)19-13-12-16-10-6-7-11-18(16)25-19/h3-14H,1-2H3. The molecule has 2 aromatic carbocycles. The molecule has 0 bridgehead atoms. The van der Waals surface area contributed by atoms with Crippen LogP contribution in [0.3, 0.4) is 0 Å². The number of nitrogens with zero attached hydrogens (tertiary/aromatic N) is 2. The summed E-state index contributed by atoms with van der Waals surface area (Å²) in [7, 11) is 2.59. The van der Waals surface area contributed by atoms with Crippen molar-refractivity contribution in [1.29, 1.82) is 0 Å². The Morgan fingerprint density at radius 2 is 1.47 bits per heavy atom. The molecule has 6 heteroatoms. The molecule has 0 aliphatic heterocycles. The predicted octanol–water partition coefficient (Wildman–Crippen LogP) is 4.54. The molecule has 0 saturated heterocycles. The predicted molar refractivity (Wildman–Crippen MR) is 113 cm³/mol. The zero-order valence-electron chi connectivity index (χ0n) is 16.5. The third-order valence-electron chi connectivity index (χ3n) is 4.73. The molecule has 0 unspecified atom stereocenters. The maximum atomic E-state index is 12.8. The molecule has 4 aromatic rings. The smallest absolute Gasteiger partial charge is 0.356 e. The normalized spacial score (nSPS) is 10.6. The van der Waals surface area contributed by atoms with Crippen LogP contribution in [-0.4, -0.2) is 36.1 Å². The molecule has 4 rings (SSSR count). The van der Waals surface area contributed by atoms with Crippen molar-refractivity contribution < 1.29 is 19.1 Å². The lowest BCUT2D eigenvalue weighted by Crippen LogP contribution is -2.13. The molecule has 2 aromatic heterocycles. The van der Waals surface area contributed by atoms with E-state index in [1.54, 1.807) is 6.07 Å². The maximum absolute atomic E-state index is 12.8. The van der Waals surface area contributed by atoms with E-state index in [9.17, 15) is 9.59 Å². The first kappa shape index (κ1) is 19.3. The number of aromatic nitrogens is 2. The summed E-state index contributed by atoms with van der Waals surface area (Å²) in [6, 6.07) is 22.1. The van der Waals surface area contributed by atoms with Gasteiger partial charge >= 0.3 is 11.9 Å². The number of methoxy groups -OCH3 is 2. The third kappa shape index (κ3) is 3.51. The van der Waals surface area contributed by atoms with E-state index in [1.165, 1.54) is 20.3 Å². The molecule has 0 aliphatic carbocycles. The van der Waals surface area contributed by atoms with Crippen LogP contribution in [0.1, 0.15) is 20.8 Å². The van der Waals surface area contributed by atoms with E-state index in [0.29, 0.717) is 11.3 Å². The van der Waals surface area contributed by atoms with Gasteiger partial charge in [0.15, 0.2) is 0 Å². The lowest BCUT2D eigenvalue weighted by molar-refractivity contribution is 0.0582. The Hall–Kier alpha value is -4.06. The second-order valence-electron chi connectivity index (χ2n) is 6.52. The number of benzene rings is 2. The summed E-state index contributed by atoms with van der Waals surface area (Å²) in [5.74, 6) is -1.17. The lowest BCUT2D eigenvalue weighted by Gasteiger charge is -2.15. The highest BCUT2D eigenvalue weighted by atomic mass is 16.5. The Bertz CT molecular complexity index is 1250. The maximum Gasteiger partial charge on any atom is 0.356 e. The average molecular weight is 398 g/mol. The highest BCUT2D eigenvalue weighted by Crippen LogP contribution is 2.33. The van der Waals surface area contributed by atoms with Crippen molar-refractivity contribution in [3.63, 3.8) is 0 Å². The molecule has 30 heavy (non-hydrogen) atoms. The lowest BCUT2D eigenvalue weighted by atomic mass is 9.96. The Balaban J connectivity index is 2.06. The van der Waals surface area contributed by atoms with Gasteiger partial charge in [-0.05, 0) is 23.8 Å². The van der Waals surface area contributed by atoms with E-state index in [-0.39, 0.29) is 17.0 Å². The second kappa shape index (κ2) is 8.13. The molecule has 148 valence electrons. The highest BCUT2D eigenvalue weighted by molar-refractivity contribution is 6.04. The van der Waals surface area contributed by atoms with Gasteiger partial charge in [0.1, 0.15) is 11.4 Å². The van der Waals surface area contributed by atoms with Crippen LogP contribution in [0.4, 0.5) is 0 Å². The van der Waals surface area contributed by atoms with Crippen LogP contribution in [0, 0.1) is 0 Å². The van der Waals surface area contributed by atoms with Crippen molar-refractivity contribution in [3.8, 4) is 22.5 Å². The molecule has 0 aliphatic rings. The number of rotatable bonds is 4. The molecule has 0 atom stereocenters. The second-order valence-corrected chi connectivity index (χ2v) is 6.52. The van der Waals surface area contributed by atoms with Crippen LogP contribution in [0.2, 0.25) is 0 Å². The van der Waals surface area contributed by atoms with Gasteiger partial charge in [0.2, 0.25) is 0 Å². The molecular weight excluding hydrogens is 380 g/mol. The third-order valence-corrected chi connectivity index (χ3v) is 4.73. The van der Waals surface area contributed by atoms with Crippen LogP contribution in [-0.2, 0) is 9.47 Å². The van der Waals surface area contributed by atoms with E-state index in [0.717, 1.165) is 16.5 Å². The summed E-state index contributed by atoms with van der Waals surface area (Å²) < 4.78 is 9.93. The molecule has 6 nitrogen and oxygen atoms in total. The van der Waals surface area contributed by atoms with Crippen LogP contribution < -0.4 is 0 Å². The number of hydrogen-bond acceptors (Lipinski definition) is 6. The number of carbonyl (C=O) groups excluding carboxylic acids is 2. The molecule has 2 heterocycles. The molecule has 0 radical (unpaired) electrons. The highest BCUT2D eigenvalue weighted by Gasteiger charge is 2.25. The van der Waals surface area contributed by atoms with Gasteiger partial charge < -0.3 is 9.47 Å². The first-order chi connectivity index (χ1) is 14.6. The minimum atomic E-state index is -0.606. The summed E-state index contributed by atoms with van der Waals surface area (Å²) in [6.07, 6.45) is 0. The van der Waals surface area contributed by atoms with Crippen LogP contribution in [0.5, 0.6) is 0 Å². The number of ether oxygens (including phenoxy) is 2. The average Bonchev–Trinajstić information content (AvgIpc) is 2.82. The van der Waals surface area contributed by atoms with Gasteiger partial charge in [-0.3, -0.25) is 0 Å². The van der Waals surface area contributed by atoms with E-state index in [1.807, 2.05) is 60.7 Å². The van der Waals surface area contributed by atoms with Crippen molar-refractivity contribution in [3.05, 3.63) is 84.1 Å². The first-order valence-electron chi connectivity index (χ1n) is 9.25. The fourth-order valence-corrected chi connectivity index (χ4v) is 3.29. The molecule has 0 saturated carbocycles. The Kier molecular flexibility index (Phi) is 5.22. The van der Waals surface area contributed by atoms with Gasteiger partial charge in [-0.25, -0.2) is 19.6 Å². The van der Waals surface area contributed by atoms with Crippen LogP contribution >= 0.6 is 0 Å². The summed E-state index contributed by atoms with van der Waals surface area (Å²) in [4.78, 5) is 34.2. The monoisotopic (exact) mass is 398 g/mol. The van der Waals surface area contributed by atoms with Crippen LogP contribution in [0.15, 0.2) is 72.8 Å². The molecule has 0 amide bonds. The number of carbonyl (C=O) groups is 2. The van der Waals surface area contributed by atoms with Gasteiger partial charge in [0.25, 0.3) is 0 Å². The topological polar surface area (TPSA) is 78.4 Å². The van der Waals surface area contributed by atoms with Crippen LogP contribution in [0.25, 0.3) is 33.4 Å². The quantitative estimate of drug-likeness (QED) is 0.470. The van der Waals surface area contributed by atoms with Gasteiger partial charge in [0.05, 0.1) is 31.0 Å². The van der Waals surface area contributed by atoms with Crippen molar-refractivity contribution in [2.75, 3.05) is 14.2 Å². The van der Waals surface area contributed by atoms with Gasteiger partial charge in [-0.15, -0.1) is 0 Å². The summed E-state index contributed by atoms with van der Waals surface area (Å²) in [6.45, 7) is 0. The van der Waals surface area contributed by atoms with E-state index in [2.05, 4.69) is 9.97 Å². The van der Waals surface area contributed by atoms with Crippen molar-refractivity contribution in [1.82, 2.24) is 9.97 Å². The number of para-hydroxylation sites is 1. The molecule has 0 fully saturated rings. The first-order valence-corrected chi connectivity index (χ1v) is 9.25. The Morgan fingerprint density at radius 1 is 0.767 bits per heavy atom. The van der Waals surface area contributed by atoms with Crippen molar-refractivity contribution in [2.45, 2.75) is 0 Å². The SMILES string of the molecule is COC(=O)c1cc(-c2ccccc2)c(C(=O)OC)c(-c2ccc3ccccc3n2)n1. The summed E-state index contributed by atoms with van der Waals surface area (Å²) >= 11 is 0. The fraction of sp³-hybridized carbons (Fsp3) is 0.0833. The van der Waals surface area contributed by atoms with E-state index < -0.39 is 11.9 Å². The molecule has 0 spiro atoms. The minimum absolute atomic E-state index is 0.0777. The Labute approximate surface area is 173 Å². The number of hydrogen-bond donors (Lipinski definition) is 0. The van der Waals surface area contributed by atoms with Crippen molar-refractivity contribution in [2.24, 2.45) is 0 Å².